The number of carbonyl (C=O) groups excluding carboxylic acids is 2. The summed E-state index contributed by atoms with van der Waals surface area (Å²) in [6.07, 6.45) is -2.69. The monoisotopic (exact) mass is 642 g/mol. The van der Waals surface area contributed by atoms with Crippen LogP contribution in [-0.2, 0) is 35.4 Å². The number of nitrogens with one attached hydrogen (secondary N) is 3. The number of nitrogens with zero attached hydrogens (tertiary/aromatic N) is 1. The average Bonchev–Trinajstić information content (AvgIpc) is 3.70. The van der Waals surface area contributed by atoms with E-state index in [1.807, 2.05) is 19.9 Å². The average molecular weight is 643 g/mol. The third-order valence-electron chi connectivity index (χ3n) is 8.62. The molecule has 0 aliphatic carbocycles. The number of hydrogen-bond acceptors (Lipinski definition) is 9. The summed E-state index contributed by atoms with van der Waals surface area (Å²) in [5, 5.41) is 20.1. The lowest BCUT2D eigenvalue weighted by molar-refractivity contribution is -0.110. The van der Waals surface area contributed by atoms with E-state index in [0.29, 0.717) is 41.1 Å². The van der Waals surface area contributed by atoms with Crippen molar-refractivity contribution in [2.75, 3.05) is 32.1 Å². The molecule has 0 saturated carbocycles. The van der Waals surface area contributed by atoms with Crippen molar-refractivity contribution in [1.82, 2.24) is 14.9 Å². The molecular weight excluding hydrogens is 600 g/mol. The number of allylic oxidation sites excluding steroid dienone is 1. The summed E-state index contributed by atoms with van der Waals surface area (Å²) in [4.78, 5) is 26.4. The highest BCUT2D eigenvalue weighted by Crippen LogP contribution is 2.38. The molecule has 4 unspecified atom stereocenters. The highest BCUT2D eigenvalue weighted by molar-refractivity contribution is 7.89. The van der Waals surface area contributed by atoms with E-state index in [1.165, 1.54) is 19.1 Å². The van der Waals surface area contributed by atoms with Crippen LogP contribution in [0.1, 0.15) is 45.2 Å². The Bertz CT molecular complexity index is 1560. The van der Waals surface area contributed by atoms with Gasteiger partial charge >= 0.3 is 6.09 Å². The second kappa shape index (κ2) is 13.1. The normalized spacial score (nSPS) is 24.1. The molecule has 2 saturated heterocycles. The van der Waals surface area contributed by atoms with Gasteiger partial charge in [-0.2, -0.15) is 4.31 Å². The Kier molecular flexibility index (Phi) is 9.57. The van der Waals surface area contributed by atoms with Gasteiger partial charge in [-0.1, -0.05) is 44.2 Å². The van der Waals surface area contributed by atoms with Gasteiger partial charge in [0.2, 0.25) is 10.0 Å². The van der Waals surface area contributed by atoms with Crippen molar-refractivity contribution < 1.29 is 37.3 Å². The predicted octanol–water partition coefficient (Wildman–Crippen LogP) is 3.04. The number of aliphatic hydroxyl groups is 1. The van der Waals surface area contributed by atoms with E-state index in [-0.39, 0.29) is 42.2 Å². The van der Waals surface area contributed by atoms with Gasteiger partial charge in [0, 0.05) is 37.0 Å². The number of ether oxygens (including phenoxy) is 3. The predicted molar refractivity (Wildman–Crippen MR) is 167 cm³/mol. The molecule has 2 fully saturated rings. The number of amides is 2. The molecule has 5 rings (SSSR count). The van der Waals surface area contributed by atoms with E-state index >= 15 is 0 Å². The first-order valence-corrected chi connectivity index (χ1v) is 16.6. The van der Waals surface area contributed by atoms with Crippen molar-refractivity contribution in [1.29, 1.82) is 0 Å². The van der Waals surface area contributed by atoms with Crippen LogP contribution in [-0.4, -0.2) is 80.8 Å². The van der Waals surface area contributed by atoms with Gasteiger partial charge in [0.15, 0.2) is 6.29 Å². The van der Waals surface area contributed by atoms with Crippen molar-refractivity contribution >= 4 is 33.3 Å². The molecule has 2 aromatic rings. The van der Waals surface area contributed by atoms with Gasteiger partial charge in [0.05, 0.1) is 35.7 Å². The van der Waals surface area contributed by atoms with Crippen molar-refractivity contribution in [3.63, 3.8) is 0 Å². The fourth-order valence-corrected chi connectivity index (χ4v) is 8.14. The minimum atomic E-state index is -4.42. The lowest BCUT2D eigenvalue weighted by Gasteiger charge is -2.46. The van der Waals surface area contributed by atoms with E-state index in [0.717, 1.165) is 4.31 Å². The molecule has 3 aliphatic heterocycles. The van der Waals surface area contributed by atoms with Crippen LogP contribution >= 0.6 is 0 Å². The molecule has 12 nitrogen and oxygen atoms in total. The van der Waals surface area contributed by atoms with Crippen LogP contribution in [0.5, 0.6) is 0 Å². The number of rotatable bonds is 11. The van der Waals surface area contributed by atoms with Crippen molar-refractivity contribution in [2.24, 2.45) is 11.8 Å². The second-order valence-corrected chi connectivity index (χ2v) is 14.1. The van der Waals surface area contributed by atoms with Crippen LogP contribution in [0.2, 0.25) is 0 Å². The maximum atomic E-state index is 14.8. The number of sulfonamides is 1. The number of fused-ring (bicyclic) bond motifs is 2. The van der Waals surface area contributed by atoms with Crippen LogP contribution in [0.4, 0.5) is 10.5 Å². The largest absolute Gasteiger partial charge is 0.443 e. The molecule has 0 aromatic heterocycles. The number of hydrogen-bond donors (Lipinski definition) is 4. The first-order chi connectivity index (χ1) is 21.4. The molecular formula is C32H42N4O8S. The van der Waals surface area contributed by atoms with Gasteiger partial charge in [-0.3, -0.25) is 10.1 Å². The zero-order valence-corrected chi connectivity index (χ0v) is 27.0. The SMILES string of the molecule is CNC(C)=C1C(=O)Nc2ccc(S(=O)(=O)N(CC(C)C)C(Cc3ccccc3)(NC(=O)OC3COC4OCCC34)[C@H](C)O)cc21. The summed E-state index contributed by atoms with van der Waals surface area (Å²) in [6, 6.07) is 13.5. The quantitative estimate of drug-likeness (QED) is 0.214. The maximum Gasteiger partial charge on any atom is 0.409 e. The number of benzene rings is 2. The summed E-state index contributed by atoms with van der Waals surface area (Å²) in [6.45, 7) is 7.50. The molecule has 3 heterocycles. The minimum absolute atomic E-state index is 0.0437. The van der Waals surface area contributed by atoms with Crippen molar-refractivity contribution in [3.05, 3.63) is 65.4 Å². The van der Waals surface area contributed by atoms with E-state index in [9.17, 15) is 23.1 Å². The lowest BCUT2D eigenvalue weighted by Crippen LogP contribution is -2.69. The lowest BCUT2D eigenvalue weighted by atomic mass is 9.93. The maximum absolute atomic E-state index is 14.8. The smallest absolute Gasteiger partial charge is 0.409 e. The molecule has 2 amide bonds. The summed E-state index contributed by atoms with van der Waals surface area (Å²) in [7, 11) is -2.74. The summed E-state index contributed by atoms with van der Waals surface area (Å²) in [5.41, 5.74) is 0.664. The molecule has 2 aromatic carbocycles. The molecule has 244 valence electrons. The molecule has 45 heavy (non-hydrogen) atoms. The molecule has 5 atom stereocenters. The topological polar surface area (TPSA) is 156 Å². The number of aliphatic hydroxyl groups excluding tert-OH is 1. The Morgan fingerprint density at radius 3 is 2.58 bits per heavy atom. The van der Waals surface area contributed by atoms with Gasteiger partial charge in [-0.25, -0.2) is 13.2 Å². The highest BCUT2D eigenvalue weighted by atomic mass is 32.2. The molecule has 0 spiro atoms. The van der Waals surface area contributed by atoms with Crippen LogP contribution in [0.15, 0.2) is 59.1 Å². The molecule has 4 N–H and O–H groups in total. The van der Waals surface area contributed by atoms with Crippen LogP contribution in [0, 0.1) is 11.8 Å². The Balaban J connectivity index is 1.59. The number of anilines is 1. The van der Waals surface area contributed by atoms with E-state index in [1.54, 1.807) is 44.3 Å². The van der Waals surface area contributed by atoms with Gasteiger partial charge < -0.3 is 30.0 Å². The Morgan fingerprint density at radius 2 is 1.91 bits per heavy atom. The van der Waals surface area contributed by atoms with Gasteiger partial charge in [-0.15, -0.1) is 0 Å². The van der Waals surface area contributed by atoms with Gasteiger partial charge in [0.1, 0.15) is 11.8 Å². The third kappa shape index (κ3) is 6.45. The number of carbonyl (C=O) groups is 2. The zero-order valence-electron chi connectivity index (χ0n) is 26.2. The zero-order chi connectivity index (χ0) is 32.5. The fourth-order valence-electron chi connectivity index (χ4n) is 6.19. The Hall–Kier alpha value is -3.49. The van der Waals surface area contributed by atoms with Gasteiger partial charge in [-0.05, 0) is 49.9 Å². The Labute approximate surface area is 264 Å². The van der Waals surface area contributed by atoms with E-state index < -0.39 is 40.3 Å². The van der Waals surface area contributed by atoms with Gasteiger partial charge in [0.25, 0.3) is 5.91 Å². The first-order valence-electron chi connectivity index (χ1n) is 15.2. The molecule has 0 radical (unpaired) electrons. The summed E-state index contributed by atoms with van der Waals surface area (Å²) < 4.78 is 47.7. The van der Waals surface area contributed by atoms with E-state index in [2.05, 4.69) is 16.0 Å². The van der Waals surface area contributed by atoms with Crippen LogP contribution in [0.3, 0.4) is 0 Å². The summed E-state index contributed by atoms with van der Waals surface area (Å²) >= 11 is 0. The number of alkyl carbamates (subject to hydrolysis) is 1. The third-order valence-corrected chi connectivity index (χ3v) is 10.5. The standard InChI is InChI=1S/C32H42N4O8S/c1-19(2)17-36(45(40,41)23-11-12-26-25(15-23)28(20(3)33-5)29(38)34-26)32(21(4)37,16-22-9-7-6-8-10-22)35-31(39)44-27-18-43-30-24(27)13-14-42-30/h6-12,15,19,21,24,27,30,33,37H,13-14,16-18H2,1-5H3,(H,34,38)(H,35,39)/t21-,24?,27?,30?,32?/m0/s1. The van der Waals surface area contributed by atoms with E-state index in [4.69, 9.17) is 14.2 Å². The van der Waals surface area contributed by atoms with Crippen molar-refractivity contribution in [2.45, 2.75) is 69.6 Å². The van der Waals surface area contributed by atoms with Crippen molar-refractivity contribution in [3.8, 4) is 0 Å². The highest BCUT2D eigenvalue weighted by Gasteiger charge is 2.51. The molecule has 3 aliphatic rings. The Morgan fingerprint density at radius 1 is 1.18 bits per heavy atom. The first kappa shape index (κ1) is 32.9. The van der Waals surface area contributed by atoms with Crippen LogP contribution < -0.4 is 16.0 Å². The second-order valence-electron chi connectivity index (χ2n) is 12.2. The molecule has 0 bridgehead atoms. The molecule has 13 heteroatoms. The minimum Gasteiger partial charge on any atom is -0.443 e. The van der Waals surface area contributed by atoms with Crippen LogP contribution in [0.25, 0.3) is 5.57 Å². The fraction of sp³-hybridized carbons (Fsp3) is 0.500. The summed E-state index contributed by atoms with van der Waals surface area (Å²) in [5.74, 6) is -0.679.